The first-order valence-corrected chi connectivity index (χ1v) is 8.22. The molecule has 0 radical (unpaired) electrons. The second kappa shape index (κ2) is 6.29. The van der Waals surface area contributed by atoms with Crippen LogP contribution in [-0.2, 0) is 9.59 Å². The molecule has 0 unspecified atom stereocenters. The van der Waals surface area contributed by atoms with Crippen molar-refractivity contribution in [1.82, 2.24) is 9.80 Å². The molecule has 0 spiro atoms. The average molecular weight is 321 g/mol. The summed E-state index contributed by atoms with van der Waals surface area (Å²) < 4.78 is 0. The molecular weight excluding hydrogens is 300 g/mol. The molecule has 4 nitrogen and oxygen atoms in total. The van der Waals surface area contributed by atoms with E-state index in [1.165, 1.54) is 0 Å². The van der Waals surface area contributed by atoms with Crippen molar-refractivity contribution < 1.29 is 9.59 Å². The van der Waals surface area contributed by atoms with Gasteiger partial charge in [0.2, 0.25) is 11.8 Å². The maximum atomic E-state index is 12.4. The summed E-state index contributed by atoms with van der Waals surface area (Å²) in [7, 11) is 1.73. The molecule has 22 heavy (non-hydrogen) atoms. The van der Waals surface area contributed by atoms with Crippen molar-refractivity contribution in [3.63, 3.8) is 0 Å². The maximum Gasteiger partial charge on any atom is 0.242 e. The molecule has 1 heterocycles. The van der Waals surface area contributed by atoms with E-state index in [0.29, 0.717) is 5.02 Å². The molecule has 3 rings (SSSR count). The molecule has 0 bridgehead atoms. The third-order valence-corrected chi connectivity index (χ3v) is 4.83. The van der Waals surface area contributed by atoms with Crippen LogP contribution >= 0.6 is 11.6 Å². The Kier molecular flexibility index (Phi) is 4.39. The summed E-state index contributed by atoms with van der Waals surface area (Å²) in [5.41, 5.74) is 1.12. The van der Waals surface area contributed by atoms with Gasteiger partial charge < -0.3 is 9.80 Å². The number of hydrogen-bond acceptors (Lipinski definition) is 2. The predicted octanol–water partition coefficient (Wildman–Crippen LogP) is 2.52. The van der Waals surface area contributed by atoms with Gasteiger partial charge in [0.15, 0.2) is 0 Å². The summed E-state index contributed by atoms with van der Waals surface area (Å²) in [5, 5.41) is 0.702. The lowest BCUT2D eigenvalue weighted by Crippen LogP contribution is -2.40. The van der Waals surface area contributed by atoms with Gasteiger partial charge in [-0.05, 0) is 42.9 Å². The number of halogens is 1. The topological polar surface area (TPSA) is 40.6 Å². The van der Waals surface area contributed by atoms with Crippen molar-refractivity contribution in [1.29, 1.82) is 0 Å². The fourth-order valence-corrected chi connectivity index (χ4v) is 3.40. The van der Waals surface area contributed by atoms with Crippen molar-refractivity contribution in [3.8, 4) is 0 Å². The zero-order valence-corrected chi connectivity index (χ0v) is 13.6. The molecule has 2 fully saturated rings. The van der Waals surface area contributed by atoms with E-state index in [1.807, 2.05) is 29.2 Å². The van der Waals surface area contributed by atoms with Crippen LogP contribution in [0.4, 0.5) is 0 Å². The van der Waals surface area contributed by atoms with Gasteiger partial charge in [-0.25, -0.2) is 0 Å². The highest BCUT2D eigenvalue weighted by molar-refractivity contribution is 6.30. The van der Waals surface area contributed by atoms with E-state index in [1.54, 1.807) is 11.9 Å². The molecular formula is C17H21ClN2O2. The van der Waals surface area contributed by atoms with Crippen LogP contribution in [0.1, 0.15) is 30.7 Å². The molecule has 1 aromatic rings. The number of benzene rings is 1. The molecule has 118 valence electrons. The number of carbonyl (C=O) groups excluding carboxylic acids is 2. The highest BCUT2D eigenvalue weighted by Crippen LogP contribution is 2.48. The SMILES string of the molecule is CN(CC(=O)N1CCCC1)C(=O)[C@@H]1C[C@@H]1c1cccc(Cl)c1. The van der Waals surface area contributed by atoms with Crippen LogP contribution in [0.2, 0.25) is 5.02 Å². The van der Waals surface area contributed by atoms with E-state index >= 15 is 0 Å². The molecule has 2 atom stereocenters. The summed E-state index contributed by atoms with van der Waals surface area (Å²) in [6, 6.07) is 7.69. The van der Waals surface area contributed by atoms with E-state index in [-0.39, 0.29) is 30.2 Å². The standard InChI is InChI=1S/C17H21ClN2O2/c1-19(11-16(21)20-7-2-3-8-20)17(22)15-10-14(15)12-5-4-6-13(18)9-12/h4-6,9,14-15H,2-3,7-8,10-11H2,1H3/t14-,15-/m1/s1. The van der Waals surface area contributed by atoms with Crippen LogP contribution in [0.3, 0.4) is 0 Å². The molecule has 1 aromatic carbocycles. The summed E-state index contributed by atoms with van der Waals surface area (Å²) in [4.78, 5) is 28.0. The minimum absolute atomic E-state index is 0.00477. The number of nitrogens with zero attached hydrogens (tertiary/aromatic N) is 2. The van der Waals surface area contributed by atoms with Crippen LogP contribution in [-0.4, -0.2) is 48.3 Å². The highest BCUT2D eigenvalue weighted by atomic mass is 35.5. The fourth-order valence-electron chi connectivity index (χ4n) is 3.20. The van der Waals surface area contributed by atoms with Crippen molar-refractivity contribution in [2.45, 2.75) is 25.2 Å². The van der Waals surface area contributed by atoms with Gasteiger partial charge in [0.25, 0.3) is 0 Å². The second-order valence-corrected chi connectivity index (χ2v) is 6.72. The zero-order valence-electron chi connectivity index (χ0n) is 12.8. The van der Waals surface area contributed by atoms with Crippen LogP contribution in [0.5, 0.6) is 0 Å². The summed E-state index contributed by atoms with van der Waals surface area (Å²) in [6.07, 6.45) is 2.99. The molecule has 2 aliphatic rings. The first-order valence-electron chi connectivity index (χ1n) is 7.84. The van der Waals surface area contributed by atoms with Crippen LogP contribution in [0.15, 0.2) is 24.3 Å². The molecule has 1 saturated carbocycles. The van der Waals surface area contributed by atoms with Crippen molar-refractivity contribution in [2.75, 3.05) is 26.7 Å². The second-order valence-electron chi connectivity index (χ2n) is 6.29. The van der Waals surface area contributed by atoms with E-state index in [9.17, 15) is 9.59 Å². The van der Waals surface area contributed by atoms with Gasteiger partial charge >= 0.3 is 0 Å². The number of rotatable bonds is 4. The average Bonchev–Trinajstić information content (AvgIpc) is 3.10. The smallest absolute Gasteiger partial charge is 0.242 e. The van der Waals surface area contributed by atoms with Crippen LogP contribution in [0.25, 0.3) is 0 Å². The summed E-state index contributed by atoms with van der Waals surface area (Å²) in [5.74, 6) is 0.371. The van der Waals surface area contributed by atoms with Crippen molar-refractivity contribution in [3.05, 3.63) is 34.9 Å². The molecule has 1 saturated heterocycles. The number of hydrogen-bond donors (Lipinski definition) is 0. The largest absolute Gasteiger partial charge is 0.341 e. The summed E-state index contributed by atoms with van der Waals surface area (Å²) >= 11 is 6.00. The molecule has 0 aromatic heterocycles. The van der Waals surface area contributed by atoms with Gasteiger partial charge in [-0.3, -0.25) is 9.59 Å². The summed E-state index contributed by atoms with van der Waals surface area (Å²) in [6.45, 7) is 1.85. The number of likely N-dealkylation sites (tertiary alicyclic amines) is 1. The van der Waals surface area contributed by atoms with E-state index in [2.05, 4.69) is 0 Å². The minimum atomic E-state index is -0.00477. The predicted molar refractivity (Wildman–Crippen MR) is 85.8 cm³/mol. The molecule has 1 aliphatic heterocycles. The van der Waals surface area contributed by atoms with Crippen LogP contribution in [0, 0.1) is 5.92 Å². The quantitative estimate of drug-likeness (QED) is 0.855. The zero-order chi connectivity index (χ0) is 15.7. The Morgan fingerprint density at radius 1 is 1.32 bits per heavy atom. The van der Waals surface area contributed by atoms with Crippen molar-refractivity contribution >= 4 is 23.4 Å². The Bertz CT molecular complexity index is 584. The lowest BCUT2D eigenvalue weighted by molar-refractivity contribution is -0.139. The Labute approximate surface area is 136 Å². The third kappa shape index (κ3) is 3.27. The highest BCUT2D eigenvalue weighted by Gasteiger charge is 2.45. The van der Waals surface area contributed by atoms with Crippen LogP contribution < -0.4 is 0 Å². The van der Waals surface area contributed by atoms with Gasteiger partial charge in [-0.2, -0.15) is 0 Å². The lowest BCUT2D eigenvalue weighted by atomic mass is 10.1. The number of amides is 2. The van der Waals surface area contributed by atoms with E-state index in [4.69, 9.17) is 11.6 Å². The normalized spacial score (nSPS) is 23.5. The van der Waals surface area contributed by atoms with Gasteiger partial charge in [0.1, 0.15) is 0 Å². The molecule has 2 amide bonds. The third-order valence-electron chi connectivity index (χ3n) is 4.59. The van der Waals surface area contributed by atoms with Gasteiger partial charge in [-0.1, -0.05) is 23.7 Å². The maximum absolute atomic E-state index is 12.4. The number of likely N-dealkylation sites (N-methyl/N-ethyl adjacent to an activating group) is 1. The first-order chi connectivity index (χ1) is 10.6. The molecule has 5 heteroatoms. The molecule has 0 N–H and O–H groups in total. The molecule has 1 aliphatic carbocycles. The Balaban J connectivity index is 1.55. The lowest BCUT2D eigenvalue weighted by Gasteiger charge is -2.21. The first kappa shape index (κ1) is 15.3. The minimum Gasteiger partial charge on any atom is -0.341 e. The van der Waals surface area contributed by atoms with Crippen molar-refractivity contribution in [2.24, 2.45) is 5.92 Å². The van der Waals surface area contributed by atoms with Gasteiger partial charge in [0, 0.05) is 31.1 Å². The van der Waals surface area contributed by atoms with Gasteiger partial charge in [-0.15, -0.1) is 0 Å². The number of carbonyl (C=O) groups is 2. The monoisotopic (exact) mass is 320 g/mol. The Morgan fingerprint density at radius 3 is 2.73 bits per heavy atom. The Hall–Kier alpha value is -1.55. The Morgan fingerprint density at radius 2 is 2.05 bits per heavy atom. The van der Waals surface area contributed by atoms with Gasteiger partial charge in [0.05, 0.1) is 6.54 Å². The van der Waals surface area contributed by atoms with E-state index in [0.717, 1.165) is 37.9 Å². The van der Waals surface area contributed by atoms with E-state index < -0.39 is 0 Å². The fraction of sp³-hybridized carbons (Fsp3) is 0.529.